The van der Waals surface area contributed by atoms with Gasteiger partial charge in [0.2, 0.25) is 0 Å². The van der Waals surface area contributed by atoms with Gasteiger partial charge in [0, 0.05) is 24.5 Å². The van der Waals surface area contributed by atoms with Gasteiger partial charge in [-0.15, -0.1) is 0 Å². The van der Waals surface area contributed by atoms with Crippen LogP contribution in [-0.4, -0.2) is 49.2 Å². The molecule has 2 rings (SSSR count). The van der Waals surface area contributed by atoms with Crippen molar-refractivity contribution in [2.24, 2.45) is 0 Å². The van der Waals surface area contributed by atoms with Crippen LogP contribution in [-0.2, 0) is 0 Å². The Labute approximate surface area is 151 Å². The molecule has 0 spiro atoms. The highest BCUT2D eigenvalue weighted by atomic mass is 16.5. The Hall–Kier alpha value is -3.20. The predicted molar refractivity (Wildman–Crippen MR) is 98.5 cm³/mol. The van der Waals surface area contributed by atoms with Crippen LogP contribution in [0, 0.1) is 0 Å². The molecular formula is C17H22N6O3. The molecule has 1 heterocycles. The van der Waals surface area contributed by atoms with Gasteiger partial charge >= 0.3 is 6.03 Å². The first-order valence-electron chi connectivity index (χ1n) is 8.09. The number of benzene rings is 1. The summed E-state index contributed by atoms with van der Waals surface area (Å²) in [6.45, 7) is 1.37. The van der Waals surface area contributed by atoms with Crippen molar-refractivity contribution in [2.75, 3.05) is 37.9 Å². The van der Waals surface area contributed by atoms with Crippen molar-refractivity contribution < 1.29 is 14.3 Å². The fraction of sp³-hybridized carbons (Fsp3) is 0.294. The van der Waals surface area contributed by atoms with Crippen LogP contribution in [0.1, 0.15) is 16.8 Å². The van der Waals surface area contributed by atoms with E-state index < -0.39 is 6.03 Å². The van der Waals surface area contributed by atoms with E-state index in [1.165, 1.54) is 25.7 Å². The predicted octanol–water partition coefficient (Wildman–Crippen LogP) is 1.47. The summed E-state index contributed by atoms with van der Waals surface area (Å²) in [4.78, 5) is 32.2. The lowest BCUT2D eigenvalue weighted by Gasteiger charge is -2.13. The van der Waals surface area contributed by atoms with Crippen molar-refractivity contribution in [3.05, 3.63) is 42.4 Å². The number of ether oxygens (including phenoxy) is 1. The SMILES string of the molecule is CNCCCNC(=O)c1ccc(OC)c(NC(=O)Nc2cnccn2)c1. The molecule has 0 aliphatic rings. The number of carbonyl (C=O) groups excluding carboxylic acids is 2. The van der Waals surface area contributed by atoms with Crippen LogP contribution in [0.25, 0.3) is 0 Å². The van der Waals surface area contributed by atoms with Gasteiger partial charge < -0.3 is 20.7 Å². The number of urea groups is 1. The van der Waals surface area contributed by atoms with Gasteiger partial charge in [-0.25, -0.2) is 9.78 Å². The highest BCUT2D eigenvalue weighted by Gasteiger charge is 2.12. The number of hydrogen-bond donors (Lipinski definition) is 4. The molecule has 9 heteroatoms. The molecule has 0 saturated heterocycles. The number of hydrogen-bond acceptors (Lipinski definition) is 6. The Kier molecular flexibility index (Phi) is 7.31. The quantitative estimate of drug-likeness (QED) is 0.531. The maximum absolute atomic E-state index is 12.2. The van der Waals surface area contributed by atoms with Crippen LogP contribution >= 0.6 is 0 Å². The average molecular weight is 358 g/mol. The van der Waals surface area contributed by atoms with Crippen LogP contribution < -0.4 is 26.0 Å². The lowest BCUT2D eigenvalue weighted by molar-refractivity contribution is 0.0953. The average Bonchev–Trinajstić information content (AvgIpc) is 2.65. The molecule has 1 aromatic heterocycles. The van der Waals surface area contributed by atoms with E-state index in [0.29, 0.717) is 29.4 Å². The molecule has 0 aliphatic heterocycles. The molecule has 9 nitrogen and oxygen atoms in total. The second-order valence-electron chi connectivity index (χ2n) is 5.30. The Balaban J connectivity index is 2.04. The molecule has 3 amide bonds. The molecule has 0 radical (unpaired) electrons. The van der Waals surface area contributed by atoms with Crippen molar-refractivity contribution in [3.63, 3.8) is 0 Å². The van der Waals surface area contributed by atoms with E-state index in [0.717, 1.165) is 13.0 Å². The summed E-state index contributed by atoms with van der Waals surface area (Å²) in [6, 6.07) is 4.30. The van der Waals surface area contributed by atoms with Gasteiger partial charge in [0.15, 0.2) is 5.82 Å². The Bertz CT molecular complexity index is 739. The molecule has 2 aromatic rings. The fourth-order valence-corrected chi connectivity index (χ4v) is 2.15. The summed E-state index contributed by atoms with van der Waals surface area (Å²) < 4.78 is 5.23. The van der Waals surface area contributed by atoms with Gasteiger partial charge in [-0.3, -0.25) is 15.1 Å². The number of nitrogens with zero attached hydrogens (tertiary/aromatic N) is 2. The Morgan fingerprint density at radius 3 is 2.69 bits per heavy atom. The minimum absolute atomic E-state index is 0.221. The molecule has 138 valence electrons. The molecule has 0 bridgehead atoms. The number of anilines is 2. The molecule has 0 unspecified atom stereocenters. The molecule has 0 aliphatic carbocycles. The summed E-state index contributed by atoms with van der Waals surface area (Å²) in [5.74, 6) is 0.523. The number of amides is 3. The maximum atomic E-state index is 12.2. The van der Waals surface area contributed by atoms with E-state index in [1.807, 2.05) is 7.05 Å². The van der Waals surface area contributed by atoms with E-state index >= 15 is 0 Å². The zero-order valence-electron chi connectivity index (χ0n) is 14.7. The third kappa shape index (κ3) is 5.71. The Morgan fingerprint density at radius 2 is 2.00 bits per heavy atom. The third-order valence-electron chi connectivity index (χ3n) is 3.40. The van der Waals surface area contributed by atoms with Crippen molar-refractivity contribution in [2.45, 2.75) is 6.42 Å². The molecule has 4 N–H and O–H groups in total. The largest absolute Gasteiger partial charge is 0.495 e. The van der Waals surface area contributed by atoms with E-state index in [9.17, 15) is 9.59 Å². The van der Waals surface area contributed by atoms with Crippen LogP contribution in [0.2, 0.25) is 0 Å². The topological polar surface area (TPSA) is 117 Å². The summed E-state index contributed by atoms with van der Waals surface area (Å²) in [5, 5.41) is 11.0. The number of nitrogens with one attached hydrogen (secondary N) is 4. The normalized spacial score (nSPS) is 10.1. The highest BCUT2D eigenvalue weighted by Crippen LogP contribution is 2.25. The lowest BCUT2D eigenvalue weighted by Crippen LogP contribution is -2.27. The lowest BCUT2D eigenvalue weighted by atomic mass is 10.1. The van der Waals surface area contributed by atoms with Gasteiger partial charge in [0.25, 0.3) is 5.91 Å². The zero-order chi connectivity index (χ0) is 18.8. The van der Waals surface area contributed by atoms with Crippen molar-refractivity contribution in [1.82, 2.24) is 20.6 Å². The van der Waals surface area contributed by atoms with Gasteiger partial charge in [-0.2, -0.15) is 0 Å². The molecule has 0 saturated carbocycles. The minimum Gasteiger partial charge on any atom is -0.495 e. The van der Waals surface area contributed by atoms with Crippen LogP contribution in [0.5, 0.6) is 5.75 Å². The fourth-order valence-electron chi connectivity index (χ4n) is 2.15. The highest BCUT2D eigenvalue weighted by molar-refractivity contribution is 6.02. The minimum atomic E-state index is -0.518. The van der Waals surface area contributed by atoms with Gasteiger partial charge in [0.05, 0.1) is 19.0 Å². The monoisotopic (exact) mass is 358 g/mol. The first-order chi connectivity index (χ1) is 12.6. The molecular weight excluding hydrogens is 336 g/mol. The maximum Gasteiger partial charge on any atom is 0.324 e. The molecule has 0 fully saturated rings. The summed E-state index contributed by atoms with van der Waals surface area (Å²) >= 11 is 0. The van der Waals surface area contributed by atoms with Crippen molar-refractivity contribution >= 4 is 23.4 Å². The van der Waals surface area contributed by atoms with Gasteiger partial charge in [-0.1, -0.05) is 0 Å². The van der Waals surface area contributed by atoms with E-state index in [-0.39, 0.29) is 5.91 Å². The van der Waals surface area contributed by atoms with E-state index in [1.54, 1.807) is 18.2 Å². The van der Waals surface area contributed by atoms with Crippen LogP contribution in [0.4, 0.5) is 16.3 Å². The summed E-state index contributed by atoms with van der Waals surface area (Å²) in [7, 11) is 3.34. The van der Waals surface area contributed by atoms with Gasteiger partial charge in [-0.05, 0) is 38.2 Å². The van der Waals surface area contributed by atoms with Gasteiger partial charge in [0.1, 0.15) is 5.75 Å². The Morgan fingerprint density at radius 1 is 1.15 bits per heavy atom. The first kappa shape index (κ1) is 19.1. The molecule has 1 aromatic carbocycles. The standard InChI is InChI=1S/C17H22N6O3/c1-18-6-3-7-21-16(24)12-4-5-14(26-2)13(10-12)22-17(25)23-15-11-19-8-9-20-15/h4-5,8-11,18H,3,6-7H2,1-2H3,(H,21,24)(H2,20,22,23,25). The first-order valence-corrected chi connectivity index (χ1v) is 8.09. The summed E-state index contributed by atoms with van der Waals surface area (Å²) in [5.41, 5.74) is 0.793. The number of carbonyl (C=O) groups is 2. The third-order valence-corrected chi connectivity index (χ3v) is 3.40. The van der Waals surface area contributed by atoms with Crippen molar-refractivity contribution in [1.29, 1.82) is 0 Å². The smallest absolute Gasteiger partial charge is 0.324 e. The zero-order valence-corrected chi connectivity index (χ0v) is 14.7. The van der Waals surface area contributed by atoms with Crippen LogP contribution in [0.3, 0.4) is 0 Å². The summed E-state index contributed by atoms with van der Waals surface area (Å²) in [6.07, 6.45) is 5.22. The van der Waals surface area contributed by atoms with Crippen LogP contribution in [0.15, 0.2) is 36.8 Å². The van der Waals surface area contributed by atoms with E-state index in [2.05, 4.69) is 31.2 Å². The number of rotatable bonds is 8. The number of methoxy groups -OCH3 is 1. The van der Waals surface area contributed by atoms with E-state index in [4.69, 9.17) is 4.74 Å². The molecule has 26 heavy (non-hydrogen) atoms. The molecule has 0 atom stereocenters. The second-order valence-corrected chi connectivity index (χ2v) is 5.30. The van der Waals surface area contributed by atoms with Crippen molar-refractivity contribution in [3.8, 4) is 5.75 Å². The second kappa shape index (κ2) is 9.94. The number of aromatic nitrogens is 2.